The normalized spacial score (nSPS) is 17.8. The van der Waals surface area contributed by atoms with Crippen molar-refractivity contribution in [3.05, 3.63) is 29.5 Å². The summed E-state index contributed by atoms with van der Waals surface area (Å²) in [5.74, 6) is 3.11. The lowest BCUT2D eigenvalue weighted by molar-refractivity contribution is -0.00551. The molecule has 0 amide bonds. The maximum absolute atomic E-state index is 6.08. The van der Waals surface area contributed by atoms with E-state index in [0.717, 1.165) is 47.6 Å². The Morgan fingerprint density at radius 3 is 2.90 bits per heavy atom. The second kappa shape index (κ2) is 6.38. The van der Waals surface area contributed by atoms with Crippen molar-refractivity contribution < 1.29 is 4.74 Å². The van der Waals surface area contributed by atoms with Gasteiger partial charge in [0.2, 0.25) is 0 Å². The fourth-order valence-electron chi connectivity index (χ4n) is 2.61. The number of aromatic nitrogens is 2. The number of halogens is 1. The molecular weight excluding hydrogens is 306 g/mol. The maximum Gasteiger partial charge on any atom is 0.137 e. The van der Waals surface area contributed by atoms with Crippen LogP contribution in [0.25, 0.3) is 10.9 Å². The summed E-state index contributed by atoms with van der Waals surface area (Å²) in [6.07, 6.45) is 3.70. The van der Waals surface area contributed by atoms with Crippen LogP contribution in [0.1, 0.15) is 12.8 Å². The number of rotatable bonds is 4. The number of thioether (sulfide) groups is 1. The SMILES string of the molecule is COC1(CNc2ncnc3ccc(Cl)cc23)CCSCC1. The molecule has 6 heteroatoms. The first-order chi connectivity index (χ1) is 10.2. The van der Waals surface area contributed by atoms with E-state index in [9.17, 15) is 0 Å². The Balaban J connectivity index is 1.83. The fraction of sp³-hybridized carbons (Fsp3) is 0.467. The number of hydrogen-bond acceptors (Lipinski definition) is 5. The Labute approximate surface area is 133 Å². The van der Waals surface area contributed by atoms with Crippen LogP contribution in [0.5, 0.6) is 0 Å². The van der Waals surface area contributed by atoms with Gasteiger partial charge in [-0.05, 0) is 42.5 Å². The van der Waals surface area contributed by atoms with Crippen LogP contribution < -0.4 is 5.32 Å². The summed E-state index contributed by atoms with van der Waals surface area (Å²) in [4.78, 5) is 8.63. The van der Waals surface area contributed by atoms with Crippen LogP contribution in [-0.2, 0) is 4.74 Å². The fourth-order valence-corrected chi connectivity index (χ4v) is 4.02. The van der Waals surface area contributed by atoms with Crippen LogP contribution in [0.2, 0.25) is 5.02 Å². The Hall–Kier alpha value is -1.04. The third-order valence-electron chi connectivity index (χ3n) is 4.01. The van der Waals surface area contributed by atoms with Gasteiger partial charge < -0.3 is 10.1 Å². The molecule has 0 bridgehead atoms. The molecule has 2 heterocycles. The van der Waals surface area contributed by atoms with E-state index in [2.05, 4.69) is 15.3 Å². The van der Waals surface area contributed by atoms with Gasteiger partial charge >= 0.3 is 0 Å². The summed E-state index contributed by atoms with van der Waals surface area (Å²) in [5, 5.41) is 5.07. The van der Waals surface area contributed by atoms with E-state index in [1.165, 1.54) is 0 Å². The lowest BCUT2D eigenvalue weighted by atomic mass is 9.96. The molecule has 0 aliphatic carbocycles. The molecule has 1 aromatic carbocycles. The number of benzene rings is 1. The van der Waals surface area contributed by atoms with E-state index >= 15 is 0 Å². The molecule has 21 heavy (non-hydrogen) atoms. The molecular formula is C15H18ClN3OS. The Morgan fingerprint density at radius 1 is 1.33 bits per heavy atom. The second-order valence-corrected chi connectivity index (χ2v) is 6.90. The zero-order valence-electron chi connectivity index (χ0n) is 11.9. The summed E-state index contributed by atoms with van der Waals surface area (Å²) in [6.45, 7) is 0.753. The molecule has 1 fully saturated rings. The van der Waals surface area contributed by atoms with Crippen molar-refractivity contribution in [3.63, 3.8) is 0 Å². The van der Waals surface area contributed by atoms with Crippen LogP contribution in [0.3, 0.4) is 0 Å². The molecule has 1 N–H and O–H groups in total. The molecule has 0 atom stereocenters. The minimum atomic E-state index is -0.0961. The van der Waals surface area contributed by atoms with E-state index in [0.29, 0.717) is 5.02 Å². The number of fused-ring (bicyclic) bond motifs is 1. The lowest BCUT2D eigenvalue weighted by Crippen LogP contribution is -2.42. The summed E-state index contributed by atoms with van der Waals surface area (Å²) >= 11 is 8.07. The highest BCUT2D eigenvalue weighted by molar-refractivity contribution is 7.99. The average Bonchev–Trinajstić information content (AvgIpc) is 2.54. The number of ether oxygens (including phenoxy) is 1. The van der Waals surface area contributed by atoms with E-state index in [1.54, 1.807) is 13.4 Å². The van der Waals surface area contributed by atoms with Gasteiger partial charge in [0.15, 0.2) is 0 Å². The number of nitrogens with one attached hydrogen (secondary N) is 1. The Morgan fingerprint density at radius 2 is 2.14 bits per heavy atom. The van der Waals surface area contributed by atoms with Gasteiger partial charge in [0.05, 0.1) is 11.1 Å². The topological polar surface area (TPSA) is 47.0 Å². The van der Waals surface area contributed by atoms with Gasteiger partial charge in [0, 0.05) is 24.1 Å². The Bertz CT molecular complexity index is 631. The first-order valence-corrected chi connectivity index (χ1v) is 8.53. The zero-order valence-corrected chi connectivity index (χ0v) is 13.5. The highest BCUT2D eigenvalue weighted by Crippen LogP contribution is 2.31. The van der Waals surface area contributed by atoms with E-state index < -0.39 is 0 Å². The quantitative estimate of drug-likeness (QED) is 0.931. The number of methoxy groups -OCH3 is 1. The summed E-state index contributed by atoms with van der Waals surface area (Å²) < 4.78 is 5.79. The van der Waals surface area contributed by atoms with Crippen molar-refractivity contribution in [3.8, 4) is 0 Å². The average molecular weight is 324 g/mol. The minimum Gasteiger partial charge on any atom is -0.376 e. The van der Waals surface area contributed by atoms with Crippen LogP contribution >= 0.6 is 23.4 Å². The van der Waals surface area contributed by atoms with E-state index in [1.807, 2.05) is 30.0 Å². The number of nitrogens with zero attached hydrogens (tertiary/aromatic N) is 2. The summed E-state index contributed by atoms with van der Waals surface area (Å²) in [7, 11) is 1.80. The molecule has 0 spiro atoms. The zero-order chi connectivity index (χ0) is 14.7. The molecule has 1 aliphatic heterocycles. The van der Waals surface area contributed by atoms with E-state index in [4.69, 9.17) is 16.3 Å². The van der Waals surface area contributed by atoms with Crippen LogP contribution in [0.15, 0.2) is 24.5 Å². The third-order valence-corrected chi connectivity index (χ3v) is 5.23. The Kier molecular flexibility index (Phi) is 4.52. The van der Waals surface area contributed by atoms with Crippen LogP contribution in [-0.4, -0.2) is 40.7 Å². The highest BCUT2D eigenvalue weighted by Gasteiger charge is 2.32. The number of anilines is 1. The summed E-state index contributed by atoms with van der Waals surface area (Å²) in [5.41, 5.74) is 0.795. The van der Waals surface area contributed by atoms with Crippen molar-refractivity contribution in [2.75, 3.05) is 30.5 Å². The summed E-state index contributed by atoms with van der Waals surface area (Å²) in [6, 6.07) is 5.65. The first kappa shape index (κ1) is 14.9. The molecule has 3 rings (SSSR count). The molecule has 112 valence electrons. The van der Waals surface area contributed by atoms with Crippen molar-refractivity contribution >= 4 is 40.1 Å². The second-order valence-electron chi connectivity index (χ2n) is 5.24. The largest absolute Gasteiger partial charge is 0.376 e. The van der Waals surface area contributed by atoms with Gasteiger partial charge in [0.25, 0.3) is 0 Å². The van der Waals surface area contributed by atoms with Crippen molar-refractivity contribution in [2.24, 2.45) is 0 Å². The third kappa shape index (κ3) is 3.25. The molecule has 0 radical (unpaired) electrons. The molecule has 1 aliphatic rings. The minimum absolute atomic E-state index is 0.0961. The predicted molar refractivity (Wildman–Crippen MR) is 89.3 cm³/mol. The molecule has 0 saturated carbocycles. The molecule has 1 aromatic heterocycles. The molecule has 2 aromatic rings. The van der Waals surface area contributed by atoms with Gasteiger partial charge in [-0.1, -0.05) is 11.6 Å². The molecule has 1 saturated heterocycles. The lowest BCUT2D eigenvalue weighted by Gasteiger charge is -2.36. The van der Waals surface area contributed by atoms with Crippen LogP contribution in [0.4, 0.5) is 5.82 Å². The van der Waals surface area contributed by atoms with Gasteiger partial charge in [-0.25, -0.2) is 9.97 Å². The number of hydrogen-bond donors (Lipinski definition) is 1. The molecule has 4 nitrogen and oxygen atoms in total. The molecule has 0 unspecified atom stereocenters. The van der Waals surface area contributed by atoms with Gasteiger partial charge in [-0.2, -0.15) is 11.8 Å². The van der Waals surface area contributed by atoms with Gasteiger partial charge in [0.1, 0.15) is 12.1 Å². The highest BCUT2D eigenvalue weighted by atomic mass is 35.5. The van der Waals surface area contributed by atoms with E-state index in [-0.39, 0.29) is 5.60 Å². The maximum atomic E-state index is 6.08. The van der Waals surface area contributed by atoms with Gasteiger partial charge in [-0.3, -0.25) is 0 Å². The first-order valence-electron chi connectivity index (χ1n) is 6.99. The van der Waals surface area contributed by atoms with Crippen LogP contribution in [0, 0.1) is 0 Å². The van der Waals surface area contributed by atoms with Crippen molar-refractivity contribution in [1.82, 2.24) is 9.97 Å². The predicted octanol–water partition coefficient (Wildman–Crippen LogP) is 3.61. The monoisotopic (exact) mass is 323 g/mol. The smallest absolute Gasteiger partial charge is 0.137 e. The van der Waals surface area contributed by atoms with Crippen molar-refractivity contribution in [2.45, 2.75) is 18.4 Å². The van der Waals surface area contributed by atoms with Gasteiger partial charge in [-0.15, -0.1) is 0 Å². The van der Waals surface area contributed by atoms with Crippen molar-refractivity contribution in [1.29, 1.82) is 0 Å². The standard InChI is InChI=1S/C15H18ClN3OS/c1-20-15(4-6-21-7-5-15)9-17-14-12-8-11(16)2-3-13(12)18-10-19-14/h2-3,8,10H,4-7,9H2,1H3,(H,17,18,19).